The quantitative estimate of drug-likeness (QED) is 0.0737. The summed E-state index contributed by atoms with van der Waals surface area (Å²) in [6, 6.07) is 23.9. The molecule has 0 aliphatic heterocycles. The Labute approximate surface area is 302 Å². The number of carbonyl (C=O) groups is 5. The van der Waals surface area contributed by atoms with Crippen molar-refractivity contribution in [3.05, 3.63) is 112 Å². The standard InChI is InChI=1S/C41H42O11/c1-40(2,30-13-15-34(28(17-30)21-42)50-23-36(44)47-5)32-19-27(26-11-9-8-10-12-26)20-33(39(32)52-25-38(46)49-7)41(3,4)31-14-16-35(29(18-31)22-43)51-24-37(45)48-6/h8-22H,23-25H2,1-7H3. The molecule has 0 bridgehead atoms. The van der Waals surface area contributed by atoms with Crippen LogP contribution in [0.5, 0.6) is 17.2 Å². The number of ether oxygens (including phenoxy) is 6. The molecule has 0 heterocycles. The van der Waals surface area contributed by atoms with Crippen LogP contribution in [0.15, 0.2) is 78.9 Å². The zero-order valence-electron chi connectivity index (χ0n) is 30.3. The summed E-state index contributed by atoms with van der Waals surface area (Å²) in [6.07, 6.45) is 1.30. The number of hydrogen-bond acceptors (Lipinski definition) is 11. The summed E-state index contributed by atoms with van der Waals surface area (Å²) in [5.74, 6) is -0.947. The molecule has 52 heavy (non-hydrogen) atoms. The van der Waals surface area contributed by atoms with Gasteiger partial charge >= 0.3 is 17.9 Å². The molecule has 11 heteroatoms. The van der Waals surface area contributed by atoms with Crippen molar-refractivity contribution in [3.8, 4) is 28.4 Å². The largest absolute Gasteiger partial charge is 0.481 e. The van der Waals surface area contributed by atoms with E-state index in [0.717, 1.165) is 11.1 Å². The predicted molar refractivity (Wildman–Crippen MR) is 192 cm³/mol. The molecule has 0 saturated heterocycles. The van der Waals surface area contributed by atoms with E-state index in [1.807, 2.05) is 70.2 Å². The number of rotatable bonds is 16. The SMILES string of the molecule is COC(=O)COc1ccc(C(C)(C)c2cc(-c3ccccc3)cc(C(C)(C)c3ccc(OCC(=O)OC)c(C=O)c3)c2OCC(=O)OC)cc1C=O. The average molecular weight is 711 g/mol. The van der Waals surface area contributed by atoms with Crippen molar-refractivity contribution in [3.63, 3.8) is 0 Å². The third-order valence-electron chi connectivity index (χ3n) is 8.97. The molecule has 0 unspecified atom stereocenters. The van der Waals surface area contributed by atoms with Gasteiger partial charge in [-0.3, -0.25) is 9.59 Å². The Kier molecular flexibility index (Phi) is 12.6. The van der Waals surface area contributed by atoms with Crippen molar-refractivity contribution in [2.45, 2.75) is 38.5 Å². The highest BCUT2D eigenvalue weighted by molar-refractivity contribution is 5.82. The Morgan fingerprint density at radius 3 is 1.33 bits per heavy atom. The zero-order chi connectivity index (χ0) is 38.1. The van der Waals surface area contributed by atoms with Crippen molar-refractivity contribution in [2.24, 2.45) is 0 Å². The number of esters is 3. The molecule has 4 rings (SSSR count). The second-order valence-corrected chi connectivity index (χ2v) is 12.9. The highest BCUT2D eigenvalue weighted by Gasteiger charge is 2.36. The van der Waals surface area contributed by atoms with Crippen LogP contribution in [0, 0.1) is 0 Å². The molecule has 4 aromatic carbocycles. The number of hydrogen-bond donors (Lipinski definition) is 0. The van der Waals surface area contributed by atoms with Crippen LogP contribution in [-0.4, -0.2) is 71.6 Å². The van der Waals surface area contributed by atoms with Crippen molar-refractivity contribution < 1.29 is 52.4 Å². The highest BCUT2D eigenvalue weighted by Crippen LogP contribution is 2.48. The summed E-state index contributed by atoms with van der Waals surface area (Å²) in [6.45, 7) is 6.74. The van der Waals surface area contributed by atoms with Gasteiger partial charge in [-0.05, 0) is 58.7 Å². The van der Waals surface area contributed by atoms with Gasteiger partial charge < -0.3 is 28.4 Å². The van der Waals surface area contributed by atoms with Crippen molar-refractivity contribution in [1.29, 1.82) is 0 Å². The minimum absolute atomic E-state index is 0.215. The van der Waals surface area contributed by atoms with Crippen LogP contribution in [0.25, 0.3) is 11.1 Å². The van der Waals surface area contributed by atoms with E-state index in [0.29, 0.717) is 40.6 Å². The first-order valence-corrected chi connectivity index (χ1v) is 16.3. The summed E-state index contributed by atoms with van der Waals surface area (Å²) in [5, 5.41) is 0. The number of benzene rings is 4. The van der Waals surface area contributed by atoms with E-state index in [1.165, 1.54) is 21.3 Å². The summed E-state index contributed by atoms with van der Waals surface area (Å²) in [7, 11) is 3.76. The van der Waals surface area contributed by atoms with Crippen LogP contribution in [0.3, 0.4) is 0 Å². The minimum Gasteiger partial charge on any atom is -0.481 e. The van der Waals surface area contributed by atoms with Gasteiger partial charge in [-0.2, -0.15) is 0 Å². The molecule has 0 radical (unpaired) electrons. The predicted octanol–water partition coefficient (Wildman–Crippen LogP) is 6.29. The molecule has 0 spiro atoms. The molecule has 0 saturated carbocycles. The molecular formula is C41H42O11. The van der Waals surface area contributed by atoms with Gasteiger partial charge in [0.25, 0.3) is 0 Å². The van der Waals surface area contributed by atoms with Crippen molar-refractivity contribution in [1.82, 2.24) is 0 Å². The van der Waals surface area contributed by atoms with Crippen LogP contribution >= 0.6 is 0 Å². The highest BCUT2D eigenvalue weighted by atomic mass is 16.6. The molecule has 0 amide bonds. The topological polar surface area (TPSA) is 141 Å². The van der Waals surface area contributed by atoms with Gasteiger partial charge in [0.15, 0.2) is 32.4 Å². The van der Waals surface area contributed by atoms with Gasteiger partial charge in [0.05, 0.1) is 32.5 Å². The van der Waals surface area contributed by atoms with E-state index >= 15 is 0 Å². The lowest BCUT2D eigenvalue weighted by Gasteiger charge is -2.35. The van der Waals surface area contributed by atoms with E-state index in [2.05, 4.69) is 9.47 Å². The summed E-state index contributed by atoms with van der Waals surface area (Å²) in [5.41, 5.74) is 3.29. The van der Waals surface area contributed by atoms with E-state index in [9.17, 15) is 24.0 Å². The molecule has 4 aromatic rings. The Hall–Kier alpha value is -5.97. The molecular weight excluding hydrogens is 668 g/mol. The normalized spacial score (nSPS) is 11.2. The molecule has 0 aliphatic rings. The van der Waals surface area contributed by atoms with Gasteiger partial charge in [-0.1, -0.05) is 70.2 Å². The monoisotopic (exact) mass is 710 g/mol. The van der Waals surface area contributed by atoms with E-state index in [-0.39, 0.29) is 35.8 Å². The maximum absolute atomic E-state index is 12.5. The van der Waals surface area contributed by atoms with Crippen LogP contribution in [0.1, 0.15) is 70.7 Å². The van der Waals surface area contributed by atoms with E-state index < -0.39 is 35.3 Å². The maximum atomic E-state index is 12.5. The zero-order valence-corrected chi connectivity index (χ0v) is 30.3. The first-order chi connectivity index (χ1) is 24.8. The van der Waals surface area contributed by atoms with Crippen LogP contribution in [0.4, 0.5) is 0 Å². The lowest BCUT2D eigenvalue weighted by molar-refractivity contribution is -0.143. The smallest absolute Gasteiger partial charge is 0.343 e. The van der Waals surface area contributed by atoms with Crippen LogP contribution in [-0.2, 0) is 39.4 Å². The van der Waals surface area contributed by atoms with Gasteiger partial charge in [0.2, 0.25) is 0 Å². The Balaban J connectivity index is 1.97. The van der Waals surface area contributed by atoms with Crippen LogP contribution in [0.2, 0.25) is 0 Å². The van der Waals surface area contributed by atoms with Crippen molar-refractivity contribution in [2.75, 3.05) is 41.2 Å². The lowest BCUT2D eigenvalue weighted by Crippen LogP contribution is -2.27. The summed E-state index contributed by atoms with van der Waals surface area (Å²) >= 11 is 0. The second kappa shape index (κ2) is 16.8. The first kappa shape index (κ1) is 38.8. The summed E-state index contributed by atoms with van der Waals surface area (Å²) < 4.78 is 31.8. The fourth-order valence-electron chi connectivity index (χ4n) is 5.72. The molecule has 11 nitrogen and oxygen atoms in total. The van der Waals surface area contributed by atoms with Crippen molar-refractivity contribution >= 4 is 30.5 Å². The Morgan fingerprint density at radius 2 is 0.942 bits per heavy atom. The van der Waals surface area contributed by atoms with E-state index in [1.54, 1.807) is 36.4 Å². The fourth-order valence-corrected chi connectivity index (χ4v) is 5.72. The molecule has 0 fully saturated rings. The van der Waals surface area contributed by atoms with Gasteiger partial charge in [0, 0.05) is 22.0 Å². The Morgan fingerprint density at radius 1 is 0.538 bits per heavy atom. The summed E-state index contributed by atoms with van der Waals surface area (Å²) in [4.78, 5) is 60.5. The molecule has 272 valence electrons. The minimum atomic E-state index is -0.862. The average Bonchev–Trinajstić information content (AvgIpc) is 3.17. The van der Waals surface area contributed by atoms with Gasteiger partial charge in [-0.15, -0.1) is 0 Å². The lowest BCUT2D eigenvalue weighted by atomic mass is 9.71. The fraction of sp³-hybridized carbons (Fsp3) is 0.293. The maximum Gasteiger partial charge on any atom is 0.343 e. The number of methoxy groups -OCH3 is 3. The first-order valence-electron chi connectivity index (χ1n) is 16.3. The van der Waals surface area contributed by atoms with Gasteiger partial charge in [-0.25, -0.2) is 14.4 Å². The third kappa shape index (κ3) is 8.66. The van der Waals surface area contributed by atoms with Gasteiger partial charge in [0.1, 0.15) is 17.2 Å². The van der Waals surface area contributed by atoms with Crippen LogP contribution < -0.4 is 14.2 Å². The molecule has 0 N–H and O–H groups in total. The molecule has 0 atom stereocenters. The number of carbonyl (C=O) groups excluding carboxylic acids is 5. The second-order valence-electron chi connectivity index (χ2n) is 12.9. The number of aldehydes is 2. The molecule has 0 aliphatic carbocycles. The van der Waals surface area contributed by atoms with E-state index in [4.69, 9.17) is 18.9 Å². The third-order valence-corrected chi connectivity index (χ3v) is 8.97. The Bertz CT molecular complexity index is 1840. The molecule has 0 aromatic heterocycles.